The number of aliphatic hydroxyl groups is 1. The van der Waals surface area contributed by atoms with Gasteiger partial charge in [0.15, 0.2) is 0 Å². The second-order valence-corrected chi connectivity index (χ2v) is 13.9. The minimum Gasteiger partial charge on any atom is -0.490 e. The van der Waals surface area contributed by atoms with Gasteiger partial charge in [0.1, 0.15) is 11.6 Å². The van der Waals surface area contributed by atoms with Gasteiger partial charge in [-0.25, -0.2) is 12.8 Å². The van der Waals surface area contributed by atoms with Crippen LogP contribution in [0.2, 0.25) is 0 Å². The van der Waals surface area contributed by atoms with E-state index in [0.717, 1.165) is 37.9 Å². The van der Waals surface area contributed by atoms with E-state index in [1.165, 1.54) is 29.8 Å². The average molecular weight is 656 g/mol. The molecule has 0 radical (unpaired) electrons. The van der Waals surface area contributed by atoms with Gasteiger partial charge in [0.05, 0.1) is 35.3 Å². The Kier molecular flexibility index (Phi) is 12.6. The normalized spacial score (nSPS) is 20.8. The van der Waals surface area contributed by atoms with Crippen LogP contribution in [-0.4, -0.2) is 80.8 Å². The van der Waals surface area contributed by atoms with Gasteiger partial charge in [0, 0.05) is 37.8 Å². The van der Waals surface area contributed by atoms with Crippen molar-refractivity contribution in [2.24, 2.45) is 5.92 Å². The number of halogens is 1. The van der Waals surface area contributed by atoms with Crippen molar-refractivity contribution in [3.05, 3.63) is 89.7 Å². The van der Waals surface area contributed by atoms with Gasteiger partial charge in [0.2, 0.25) is 0 Å². The Balaban J connectivity index is 1.64. The fourth-order valence-electron chi connectivity index (χ4n) is 5.54. The molecular weight excluding hydrogens is 609 g/mol. The van der Waals surface area contributed by atoms with Gasteiger partial charge in [-0.3, -0.25) is 14.4 Å². The number of anilines is 1. The molecule has 0 saturated carbocycles. The first-order chi connectivity index (χ1) is 22.0. The number of rotatable bonds is 9. The van der Waals surface area contributed by atoms with Crippen molar-refractivity contribution in [3.63, 3.8) is 0 Å². The van der Waals surface area contributed by atoms with Gasteiger partial charge < -0.3 is 19.5 Å². The van der Waals surface area contributed by atoms with Crippen LogP contribution in [0.5, 0.6) is 5.75 Å². The highest BCUT2D eigenvalue weighted by Crippen LogP contribution is 2.29. The molecule has 0 unspecified atom stereocenters. The highest BCUT2D eigenvalue weighted by atomic mass is 32.2. The molecule has 46 heavy (non-hydrogen) atoms. The third kappa shape index (κ3) is 9.75. The molecule has 0 aliphatic carbocycles. The molecule has 2 N–H and O–H groups in total. The lowest BCUT2D eigenvalue weighted by molar-refractivity contribution is -0.0177. The minimum atomic E-state index is -4.06. The van der Waals surface area contributed by atoms with Crippen molar-refractivity contribution in [1.82, 2.24) is 9.80 Å². The van der Waals surface area contributed by atoms with E-state index < -0.39 is 27.8 Å². The summed E-state index contributed by atoms with van der Waals surface area (Å²) in [5.74, 6) is -0.711. The third-order valence-electron chi connectivity index (χ3n) is 8.21. The number of carbonyl (C=O) groups is 1. The molecular formula is C35H46FN3O6S. The predicted molar refractivity (Wildman–Crippen MR) is 177 cm³/mol. The number of sulfonamides is 1. The van der Waals surface area contributed by atoms with E-state index >= 15 is 0 Å². The molecule has 1 aliphatic heterocycles. The first-order valence-electron chi connectivity index (χ1n) is 15.8. The fourth-order valence-corrected chi connectivity index (χ4v) is 6.59. The predicted octanol–water partition coefficient (Wildman–Crippen LogP) is 5.55. The third-order valence-corrected chi connectivity index (χ3v) is 9.61. The number of hydrogen-bond donors (Lipinski definition) is 2. The van der Waals surface area contributed by atoms with Crippen LogP contribution in [0.3, 0.4) is 0 Å². The molecule has 1 heterocycles. The number of nitrogens with zero attached hydrogens (tertiary/aromatic N) is 2. The van der Waals surface area contributed by atoms with Gasteiger partial charge in [-0.05, 0) is 88.2 Å². The lowest BCUT2D eigenvalue weighted by atomic mass is 10.0. The summed E-state index contributed by atoms with van der Waals surface area (Å²) in [4.78, 5) is 18.0. The van der Waals surface area contributed by atoms with Gasteiger partial charge >= 0.3 is 0 Å². The molecule has 11 heteroatoms. The van der Waals surface area contributed by atoms with Gasteiger partial charge in [-0.15, -0.1) is 0 Å². The molecule has 0 saturated heterocycles. The largest absolute Gasteiger partial charge is 0.490 e. The van der Waals surface area contributed by atoms with Crippen LogP contribution in [0, 0.1) is 11.7 Å². The van der Waals surface area contributed by atoms with Crippen LogP contribution in [-0.2, 0) is 21.3 Å². The van der Waals surface area contributed by atoms with Crippen LogP contribution in [0.1, 0.15) is 56.0 Å². The van der Waals surface area contributed by atoms with E-state index in [1.54, 1.807) is 17.9 Å². The van der Waals surface area contributed by atoms with Gasteiger partial charge in [0.25, 0.3) is 15.9 Å². The maximum atomic E-state index is 14.3. The molecule has 1 amide bonds. The number of amides is 1. The van der Waals surface area contributed by atoms with E-state index in [0.29, 0.717) is 25.4 Å². The standard InChI is InChI=1S/C35H46FN3O6S/c1-25-21-39(26(2)24-40)35(41)32-20-30(37-46(42,43)31-16-13-29(36)14-17-31)15-18-33(32)45-27(3)10-8-9-19-44-34(25)23-38(4)22-28-11-6-5-7-12-28/h5-7,11-18,20,25-27,34,37,40H,8-10,19,21-24H2,1-4H3/t25-,26-,27-,34+/m0/s1. The van der Waals surface area contributed by atoms with E-state index in [9.17, 15) is 22.7 Å². The maximum Gasteiger partial charge on any atom is 0.261 e. The summed E-state index contributed by atoms with van der Waals surface area (Å²) in [5, 5.41) is 10.2. The molecule has 9 nitrogen and oxygen atoms in total. The van der Waals surface area contributed by atoms with Gasteiger partial charge in [-0.1, -0.05) is 37.3 Å². The van der Waals surface area contributed by atoms with E-state index in [-0.39, 0.29) is 40.9 Å². The first-order valence-corrected chi connectivity index (χ1v) is 17.3. The molecule has 3 aromatic rings. The Morgan fingerprint density at radius 2 is 1.78 bits per heavy atom. The highest BCUT2D eigenvalue weighted by Gasteiger charge is 2.30. The molecule has 250 valence electrons. The molecule has 0 spiro atoms. The molecule has 0 bridgehead atoms. The van der Waals surface area contributed by atoms with E-state index in [2.05, 4.69) is 28.8 Å². The van der Waals surface area contributed by atoms with Crippen LogP contribution in [0.15, 0.2) is 77.7 Å². The van der Waals surface area contributed by atoms with Crippen LogP contribution in [0.4, 0.5) is 10.1 Å². The number of ether oxygens (including phenoxy) is 2. The summed E-state index contributed by atoms with van der Waals surface area (Å²) < 4.78 is 54.8. The van der Waals surface area contributed by atoms with Gasteiger partial charge in [-0.2, -0.15) is 0 Å². The zero-order chi connectivity index (χ0) is 33.3. The molecule has 4 rings (SSSR count). The monoisotopic (exact) mass is 655 g/mol. The smallest absolute Gasteiger partial charge is 0.261 e. The van der Waals surface area contributed by atoms with Crippen molar-refractivity contribution in [2.75, 3.05) is 38.1 Å². The zero-order valence-electron chi connectivity index (χ0n) is 27.1. The number of benzene rings is 3. The number of likely N-dealkylation sites (N-methyl/N-ethyl adjacent to an activating group) is 1. The van der Waals surface area contributed by atoms with Crippen LogP contribution >= 0.6 is 0 Å². The first kappa shape index (κ1) is 35.3. The zero-order valence-corrected chi connectivity index (χ0v) is 27.9. The molecule has 4 atom stereocenters. The Morgan fingerprint density at radius 1 is 1.07 bits per heavy atom. The minimum absolute atomic E-state index is 0.0948. The summed E-state index contributed by atoms with van der Waals surface area (Å²) >= 11 is 0. The lowest BCUT2D eigenvalue weighted by Crippen LogP contribution is -2.47. The van der Waals surface area contributed by atoms with Crippen molar-refractivity contribution in [1.29, 1.82) is 0 Å². The second kappa shape index (κ2) is 16.4. The van der Waals surface area contributed by atoms with Crippen molar-refractivity contribution >= 4 is 21.6 Å². The summed E-state index contributed by atoms with van der Waals surface area (Å²) in [6.45, 7) is 7.77. The summed E-state index contributed by atoms with van der Waals surface area (Å²) in [5.41, 5.74) is 1.53. The summed E-state index contributed by atoms with van der Waals surface area (Å²) in [7, 11) is -2.01. The second-order valence-electron chi connectivity index (χ2n) is 12.3. The van der Waals surface area contributed by atoms with E-state index in [4.69, 9.17) is 9.47 Å². The van der Waals surface area contributed by atoms with Crippen molar-refractivity contribution in [2.45, 2.75) is 69.7 Å². The average Bonchev–Trinajstić information content (AvgIpc) is 3.03. The Morgan fingerprint density at radius 3 is 2.48 bits per heavy atom. The quantitative estimate of drug-likeness (QED) is 0.311. The van der Waals surface area contributed by atoms with Crippen LogP contribution < -0.4 is 9.46 Å². The molecule has 0 fully saturated rings. The number of carbonyl (C=O) groups excluding carboxylic acids is 1. The number of aliphatic hydroxyl groups excluding tert-OH is 1. The lowest BCUT2D eigenvalue weighted by Gasteiger charge is -2.36. The fraction of sp³-hybridized carbons (Fsp3) is 0.457. The van der Waals surface area contributed by atoms with Crippen molar-refractivity contribution in [3.8, 4) is 5.75 Å². The topological polar surface area (TPSA) is 108 Å². The van der Waals surface area contributed by atoms with E-state index in [1.807, 2.05) is 32.0 Å². The molecule has 0 aromatic heterocycles. The van der Waals surface area contributed by atoms with Crippen LogP contribution in [0.25, 0.3) is 0 Å². The summed E-state index contributed by atoms with van der Waals surface area (Å²) in [6, 6.07) is 18.8. The summed E-state index contributed by atoms with van der Waals surface area (Å²) in [6.07, 6.45) is 2.06. The molecule has 3 aromatic carbocycles. The number of nitrogens with one attached hydrogen (secondary N) is 1. The van der Waals surface area contributed by atoms with Crippen molar-refractivity contribution < 1.29 is 32.2 Å². The Hall–Kier alpha value is -3.51. The number of fused-ring (bicyclic) bond motifs is 1. The number of hydrogen-bond acceptors (Lipinski definition) is 7. The Labute approximate surface area is 272 Å². The SMILES string of the molecule is C[C@H]1CCCCO[C@H](CN(C)Cc2ccccc2)[C@@H](C)CN([C@@H](C)CO)C(=O)c2cc(NS(=O)(=O)c3ccc(F)cc3)ccc2O1. The highest BCUT2D eigenvalue weighted by molar-refractivity contribution is 7.92. The Bertz CT molecular complexity index is 1520. The molecule has 1 aliphatic rings. The maximum absolute atomic E-state index is 14.3.